The maximum Gasteiger partial charge on any atom is 0.251 e. The molecule has 1 saturated heterocycles. The van der Waals surface area contributed by atoms with Crippen LogP contribution in [0.25, 0.3) is 0 Å². The number of carbonyl (C=O) groups is 2. The molecule has 0 spiro atoms. The van der Waals surface area contributed by atoms with E-state index in [0.29, 0.717) is 12.1 Å². The van der Waals surface area contributed by atoms with Gasteiger partial charge in [-0.3, -0.25) is 14.5 Å². The second kappa shape index (κ2) is 10.1. The molecule has 1 aliphatic heterocycles. The lowest BCUT2D eigenvalue weighted by molar-refractivity contribution is -0.122. The number of hydrogen-bond acceptors (Lipinski definition) is 4. The van der Waals surface area contributed by atoms with Crippen molar-refractivity contribution >= 4 is 11.8 Å². The molecule has 1 aliphatic rings. The second-order valence-corrected chi connectivity index (χ2v) is 7.34. The van der Waals surface area contributed by atoms with Gasteiger partial charge in [0.05, 0.1) is 13.2 Å². The van der Waals surface area contributed by atoms with Crippen molar-refractivity contribution in [1.82, 2.24) is 15.5 Å². The molecule has 6 nitrogen and oxygen atoms in total. The monoisotopic (exact) mass is 395 g/mol. The molecule has 1 fully saturated rings. The van der Waals surface area contributed by atoms with E-state index >= 15 is 0 Å². The topological polar surface area (TPSA) is 70.7 Å². The van der Waals surface area contributed by atoms with Gasteiger partial charge in [-0.15, -0.1) is 0 Å². The molecule has 6 heteroatoms. The van der Waals surface area contributed by atoms with Crippen molar-refractivity contribution in [2.24, 2.45) is 0 Å². The highest BCUT2D eigenvalue weighted by atomic mass is 16.5. The predicted octanol–water partition coefficient (Wildman–Crippen LogP) is 2.77. The van der Waals surface area contributed by atoms with Gasteiger partial charge in [0.25, 0.3) is 5.91 Å². The van der Waals surface area contributed by atoms with Crippen molar-refractivity contribution in [3.63, 3.8) is 0 Å². The van der Waals surface area contributed by atoms with Crippen molar-refractivity contribution in [3.05, 3.63) is 65.7 Å². The van der Waals surface area contributed by atoms with Gasteiger partial charge in [0.2, 0.25) is 5.91 Å². The summed E-state index contributed by atoms with van der Waals surface area (Å²) < 4.78 is 5.36. The lowest BCUT2D eigenvalue weighted by atomic mass is 10.0. The molecule has 2 unspecified atom stereocenters. The first-order valence-corrected chi connectivity index (χ1v) is 10.1. The number of nitrogens with one attached hydrogen (secondary N) is 2. The summed E-state index contributed by atoms with van der Waals surface area (Å²) in [6.07, 6.45) is 2.33. The molecule has 2 aromatic carbocycles. The van der Waals surface area contributed by atoms with E-state index < -0.39 is 6.04 Å². The van der Waals surface area contributed by atoms with Crippen LogP contribution in [-0.2, 0) is 4.79 Å². The molecule has 0 aliphatic carbocycles. The molecule has 2 aromatic rings. The summed E-state index contributed by atoms with van der Waals surface area (Å²) in [7, 11) is 1.66. The lowest BCUT2D eigenvalue weighted by Gasteiger charge is -2.29. The first kappa shape index (κ1) is 20.9. The molecule has 154 valence electrons. The Morgan fingerprint density at radius 3 is 2.48 bits per heavy atom. The Hall–Kier alpha value is -2.86. The van der Waals surface area contributed by atoms with Crippen LogP contribution in [0.3, 0.4) is 0 Å². The lowest BCUT2D eigenvalue weighted by Crippen LogP contribution is -2.47. The zero-order valence-electron chi connectivity index (χ0n) is 17.1. The number of rotatable bonds is 8. The zero-order valence-corrected chi connectivity index (χ0v) is 17.1. The predicted molar refractivity (Wildman–Crippen MR) is 113 cm³/mol. The minimum atomic E-state index is -0.618. The summed E-state index contributed by atoms with van der Waals surface area (Å²) in [4.78, 5) is 27.3. The van der Waals surface area contributed by atoms with Crippen molar-refractivity contribution in [2.45, 2.75) is 31.8 Å². The van der Waals surface area contributed by atoms with Gasteiger partial charge < -0.3 is 15.4 Å². The fourth-order valence-electron chi connectivity index (χ4n) is 3.65. The first-order valence-electron chi connectivity index (χ1n) is 10.1. The van der Waals surface area contributed by atoms with Crippen LogP contribution in [0, 0.1) is 0 Å². The third kappa shape index (κ3) is 5.57. The molecular weight excluding hydrogens is 366 g/mol. The van der Waals surface area contributed by atoms with Crippen LogP contribution in [0.15, 0.2) is 54.6 Å². The number of amides is 2. The smallest absolute Gasteiger partial charge is 0.251 e. The first-order chi connectivity index (χ1) is 14.1. The van der Waals surface area contributed by atoms with E-state index in [9.17, 15) is 9.59 Å². The maximum atomic E-state index is 12.6. The Morgan fingerprint density at radius 2 is 1.79 bits per heavy atom. The summed E-state index contributed by atoms with van der Waals surface area (Å²) in [5, 5.41) is 5.78. The standard InChI is InChI=1S/C23H29N3O3/c1-17(25-23(28)18-9-4-3-5-10-18)22(27)24-16-21(26-13-6-7-14-26)19-11-8-12-20(15-19)29-2/h3-5,8-12,15,17,21H,6-7,13-14,16H2,1-2H3,(H,24,27)(H,25,28). The molecule has 0 saturated carbocycles. The fraction of sp³-hybridized carbons (Fsp3) is 0.391. The van der Waals surface area contributed by atoms with Gasteiger partial charge in [0, 0.05) is 12.1 Å². The van der Waals surface area contributed by atoms with Crippen molar-refractivity contribution < 1.29 is 14.3 Å². The molecule has 2 N–H and O–H groups in total. The molecule has 0 bridgehead atoms. The van der Waals surface area contributed by atoms with E-state index in [1.807, 2.05) is 24.3 Å². The number of nitrogens with zero attached hydrogens (tertiary/aromatic N) is 1. The van der Waals surface area contributed by atoms with E-state index in [-0.39, 0.29) is 17.9 Å². The van der Waals surface area contributed by atoms with E-state index in [1.54, 1.807) is 38.3 Å². The molecule has 3 rings (SSSR count). The van der Waals surface area contributed by atoms with Gasteiger partial charge in [-0.1, -0.05) is 30.3 Å². The number of likely N-dealkylation sites (tertiary alicyclic amines) is 1. The number of carbonyl (C=O) groups excluding carboxylic acids is 2. The van der Waals surface area contributed by atoms with E-state index in [1.165, 1.54) is 0 Å². The zero-order chi connectivity index (χ0) is 20.6. The number of methoxy groups -OCH3 is 1. The number of ether oxygens (including phenoxy) is 1. The highest BCUT2D eigenvalue weighted by Gasteiger charge is 2.25. The molecule has 2 amide bonds. The number of benzene rings is 2. The fourth-order valence-corrected chi connectivity index (χ4v) is 3.65. The van der Waals surface area contributed by atoms with E-state index in [2.05, 4.69) is 21.6 Å². The second-order valence-electron chi connectivity index (χ2n) is 7.34. The van der Waals surface area contributed by atoms with Gasteiger partial charge in [0.1, 0.15) is 11.8 Å². The third-order valence-electron chi connectivity index (χ3n) is 5.31. The Balaban J connectivity index is 1.62. The van der Waals surface area contributed by atoms with Gasteiger partial charge in [-0.25, -0.2) is 0 Å². The van der Waals surface area contributed by atoms with Gasteiger partial charge in [-0.2, -0.15) is 0 Å². The largest absolute Gasteiger partial charge is 0.497 e. The SMILES string of the molecule is COc1cccc(C(CNC(=O)C(C)NC(=O)c2ccccc2)N2CCCC2)c1. The Labute approximate surface area is 172 Å². The van der Waals surface area contributed by atoms with Crippen LogP contribution in [0.2, 0.25) is 0 Å². The highest BCUT2D eigenvalue weighted by molar-refractivity contribution is 5.97. The summed E-state index contributed by atoms with van der Waals surface area (Å²) in [6.45, 7) is 4.21. The van der Waals surface area contributed by atoms with Crippen LogP contribution in [0.4, 0.5) is 0 Å². The summed E-state index contributed by atoms with van der Waals surface area (Å²) in [5.74, 6) is 0.361. The van der Waals surface area contributed by atoms with Gasteiger partial charge in [0.15, 0.2) is 0 Å². The van der Waals surface area contributed by atoms with Crippen LogP contribution in [0.1, 0.15) is 41.7 Å². The third-order valence-corrected chi connectivity index (χ3v) is 5.31. The molecule has 0 radical (unpaired) electrons. The Morgan fingerprint density at radius 1 is 1.07 bits per heavy atom. The van der Waals surface area contributed by atoms with Crippen molar-refractivity contribution in [2.75, 3.05) is 26.7 Å². The summed E-state index contributed by atoms with van der Waals surface area (Å²) in [5.41, 5.74) is 1.66. The van der Waals surface area contributed by atoms with Crippen LogP contribution < -0.4 is 15.4 Å². The molecule has 29 heavy (non-hydrogen) atoms. The van der Waals surface area contributed by atoms with E-state index in [0.717, 1.165) is 37.2 Å². The molecule has 2 atom stereocenters. The van der Waals surface area contributed by atoms with Crippen molar-refractivity contribution in [3.8, 4) is 5.75 Å². The molecular formula is C23H29N3O3. The average molecular weight is 396 g/mol. The average Bonchev–Trinajstić information content (AvgIpc) is 3.29. The normalized spacial score (nSPS) is 16.1. The van der Waals surface area contributed by atoms with Crippen LogP contribution >= 0.6 is 0 Å². The van der Waals surface area contributed by atoms with Crippen LogP contribution in [0.5, 0.6) is 5.75 Å². The molecule has 1 heterocycles. The maximum absolute atomic E-state index is 12.6. The van der Waals surface area contributed by atoms with Crippen molar-refractivity contribution in [1.29, 1.82) is 0 Å². The van der Waals surface area contributed by atoms with Gasteiger partial charge in [-0.05, 0) is 62.7 Å². The van der Waals surface area contributed by atoms with E-state index in [4.69, 9.17) is 4.74 Å². The quantitative estimate of drug-likeness (QED) is 0.721. The van der Waals surface area contributed by atoms with Gasteiger partial charge >= 0.3 is 0 Å². The molecule has 0 aromatic heterocycles. The Bertz CT molecular complexity index is 819. The van der Waals surface area contributed by atoms with Crippen LogP contribution in [-0.4, -0.2) is 49.5 Å². The summed E-state index contributed by atoms with van der Waals surface area (Å²) in [6, 6.07) is 16.4. The minimum absolute atomic E-state index is 0.0774. The number of hydrogen-bond donors (Lipinski definition) is 2. The summed E-state index contributed by atoms with van der Waals surface area (Å²) >= 11 is 0. The highest BCUT2D eigenvalue weighted by Crippen LogP contribution is 2.27. The Kier molecular flexibility index (Phi) is 7.25. The minimum Gasteiger partial charge on any atom is -0.497 e.